The molecule has 3 aromatic rings. The van der Waals surface area contributed by atoms with E-state index < -0.39 is 0 Å². The third kappa shape index (κ3) is 3.10. The van der Waals surface area contributed by atoms with E-state index in [9.17, 15) is 0 Å². The van der Waals surface area contributed by atoms with Gasteiger partial charge < -0.3 is 0 Å². The van der Waals surface area contributed by atoms with E-state index >= 15 is 0 Å². The smallest absolute Gasteiger partial charge is 0.221 e. The molecular weight excluding hydrogens is 329 g/mol. The summed E-state index contributed by atoms with van der Waals surface area (Å²) in [5.74, 6) is 0. The van der Waals surface area contributed by atoms with E-state index in [1.54, 1.807) is 0 Å². The maximum absolute atomic E-state index is 2.34. The van der Waals surface area contributed by atoms with Crippen molar-refractivity contribution in [2.24, 2.45) is 12.5 Å². The van der Waals surface area contributed by atoms with Crippen LogP contribution in [0.5, 0.6) is 0 Å². The number of rotatable bonds is 2. The molecule has 0 saturated carbocycles. The van der Waals surface area contributed by atoms with E-state index in [2.05, 4.69) is 122 Å². The predicted molar refractivity (Wildman–Crippen MR) is 114 cm³/mol. The lowest BCUT2D eigenvalue weighted by molar-refractivity contribution is -0.751. The van der Waals surface area contributed by atoms with Crippen molar-refractivity contribution in [2.75, 3.05) is 4.92 Å². The summed E-state index contributed by atoms with van der Waals surface area (Å²) in [5, 5.41) is 0. The molecule has 0 fully saturated rings. The molecule has 0 amide bonds. The van der Waals surface area contributed by atoms with E-state index in [1.165, 1.54) is 27.7 Å². The molecule has 0 N–H and O–H groups in total. The van der Waals surface area contributed by atoms with E-state index in [0.717, 1.165) is 0 Å². The van der Waals surface area contributed by atoms with Crippen LogP contribution in [0.15, 0.2) is 73.2 Å². The molecule has 0 spiro atoms. The molecule has 0 bridgehead atoms. The summed E-state index contributed by atoms with van der Waals surface area (Å²) in [4.78, 5) is 4.56. The normalized spacial score (nSPS) is 14.2. The van der Waals surface area contributed by atoms with E-state index in [0.29, 0.717) is 0 Å². The first-order valence-corrected chi connectivity index (χ1v) is 9.60. The quantitative estimate of drug-likeness (QED) is 0.502. The highest BCUT2D eigenvalue weighted by molar-refractivity contribution is 6.76. The number of hydrogen-bond donors (Lipinski definition) is 0. The maximum atomic E-state index is 2.34. The summed E-state index contributed by atoms with van der Waals surface area (Å²) in [5.41, 5.74) is 6.63. The highest BCUT2D eigenvalue weighted by atomic mass is 15.7. The Morgan fingerprint density at radius 2 is 1.56 bits per heavy atom. The summed E-state index contributed by atoms with van der Waals surface area (Å²) in [6.45, 7) is 9.39. The lowest BCUT2D eigenvalue weighted by Gasteiger charge is -2.33. The Labute approximate surface area is 162 Å². The van der Waals surface area contributed by atoms with Crippen molar-refractivity contribution in [2.45, 2.75) is 27.6 Å². The summed E-state index contributed by atoms with van der Waals surface area (Å²) < 4.78 is 2.16. The molecule has 0 saturated heterocycles. The third-order valence-electron chi connectivity index (χ3n) is 5.41. The second kappa shape index (κ2) is 6.45. The van der Waals surface area contributed by atoms with Crippen LogP contribution in [-0.2, 0) is 7.05 Å². The first-order valence-electron chi connectivity index (χ1n) is 9.60. The van der Waals surface area contributed by atoms with Crippen LogP contribution < -0.4 is 15.1 Å². The Hall–Kier alpha value is -2.75. The van der Waals surface area contributed by atoms with Crippen LogP contribution >= 0.6 is 0 Å². The lowest BCUT2D eigenvalue weighted by Crippen LogP contribution is -2.59. The predicted octanol–water partition coefficient (Wildman–Crippen LogP) is 3.85. The van der Waals surface area contributed by atoms with Gasteiger partial charge in [0.1, 0.15) is 13.2 Å². The van der Waals surface area contributed by atoms with Crippen LogP contribution in [0.3, 0.4) is 0 Å². The van der Waals surface area contributed by atoms with Crippen molar-refractivity contribution in [3.63, 3.8) is 0 Å². The number of aromatic nitrogens is 2. The minimum atomic E-state index is 0.0719. The van der Waals surface area contributed by atoms with Gasteiger partial charge in [0.2, 0.25) is 0 Å². The molecule has 4 rings (SSSR count). The van der Waals surface area contributed by atoms with Crippen LogP contribution in [0, 0.1) is 5.41 Å². The monoisotopic (exact) mass is 356 g/mol. The van der Waals surface area contributed by atoms with E-state index in [4.69, 9.17) is 0 Å². The molecule has 1 aliphatic heterocycles. The summed E-state index contributed by atoms with van der Waals surface area (Å²) in [7, 11) is 2.10. The number of fused-ring (bicyclic) bond motifs is 1. The van der Waals surface area contributed by atoms with Crippen molar-refractivity contribution in [3.05, 3.63) is 78.8 Å². The molecule has 2 aromatic carbocycles. The highest BCUT2D eigenvalue weighted by Gasteiger charge is 2.38. The van der Waals surface area contributed by atoms with Gasteiger partial charge in [-0.05, 0) is 28.8 Å². The molecule has 1 aliphatic rings. The van der Waals surface area contributed by atoms with Crippen LogP contribution in [-0.4, -0.2) is 11.6 Å². The SMILES string of the molecule is CB1c2ccccc2C(C(C)(C)C)=CN1n1cc(-c2ccccc2)c[n+]1C. The van der Waals surface area contributed by atoms with Crippen LogP contribution in [0.2, 0.25) is 6.82 Å². The number of allylic oxidation sites excluding steroid dienone is 1. The molecular formula is C23H27BN3+. The van der Waals surface area contributed by atoms with Gasteiger partial charge in [-0.25, -0.2) is 4.92 Å². The number of aryl methyl sites for hydroxylation is 1. The molecule has 2 heterocycles. The fraction of sp³-hybridized carbons (Fsp3) is 0.261. The van der Waals surface area contributed by atoms with Gasteiger partial charge in [-0.3, -0.25) is 0 Å². The highest BCUT2D eigenvalue weighted by Crippen LogP contribution is 2.35. The maximum Gasteiger partial charge on any atom is 0.432 e. The van der Waals surface area contributed by atoms with Crippen molar-refractivity contribution < 1.29 is 4.68 Å². The Morgan fingerprint density at radius 1 is 0.889 bits per heavy atom. The van der Waals surface area contributed by atoms with Crippen LogP contribution in [0.25, 0.3) is 16.7 Å². The van der Waals surface area contributed by atoms with Gasteiger partial charge in [0.25, 0.3) is 0 Å². The van der Waals surface area contributed by atoms with Gasteiger partial charge >= 0.3 is 6.85 Å². The standard InChI is InChI=1S/C23H27BN3/c1-23(2,3)21-17-26(24(4)22-14-10-9-13-20(21)22)27-16-19(15-25(27)5)18-11-7-6-8-12-18/h6-17H,1-5H3/q+1. The molecule has 4 heteroatoms. The Balaban J connectivity index is 1.84. The fourth-order valence-electron chi connectivity index (χ4n) is 3.92. The van der Waals surface area contributed by atoms with Crippen LogP contribution in [0.4, 0.5) is 0 Å². The summed E-state index contributed by atoms with van der Waals surface area (Å²) in [6.07, 6.45) is 6.73. The second-order valence-electron chi connectivity index (χ2n) is 8.41. The zero-order chi connectivity index (χ0) is 19.2. The third-order valence-corrected chi connectivity index (χ3v) is 5.41. The Morgan fingerprint density at radius 3 is 2.26 bits per heavy atom. The Bertz CT molecular complexity index is 996. The van der Waals surface area contributed by atoms with Crippen molar-refractivity contribution in [1.82, 2.24) is 4.79 Å². The molecule has 136 valence electrons. The van der Waals surface area contributed by atoms with Crippen molar-refractivity contribution in [1.29, 1.82) is 0 Å². The number of nitrogens with zero attached hydrogens (tertiary/aromatic N) is 3. The molecule has 3 nitrogen and oxygen atoms in total. The van der Waals surface area contributed by atoms with Gasteiger partial charge in [0, 0.05) is 11.1 Å². The molecule has 0 radical (unpaired) electrons. The molecule has 27 heavy (non-hydrogen) atoms. The first kappa shape index (κ1) is 17.7. The molecule has 0 atom stereocenters. The fourth-order valence-corrected chi connectivity index (χ4v) is 3.92. The van der Waals surface area contributed by atoms with Crippen molar-refractivity contribution >= 4 is 17.9 Å². The van der Waals surface area contributed by atoms with Gasteiger partial charge in [-0.15, -0.1) is 0 Å². The summed E-state index contributed by atoms with van der Waals surface area (Å²) in [6, 6.07) is 19.3. The molecule has 1 aromatic heterocycles. The number of benzene rings is 2. The zero-order valence-corrected chi connectivity index (χ0v) is 16.8. The summed E-state index contributed by atoms with van der Waals surface area (Å²) >= 11 is 0. The van der Waals surface area contributed by atoms with E-state index in [1.807, 2.05) is 0 Å². The first-order chi connectivity index (χ1) is 12.9. The van der Waals surface area contributed by atoms with Crippen LogP contribution in [0.1, 0.15) is 26.3 Å². The van der Waals surface area contributed by atoms with Gasteiger partial charge in [0.15, 0.2) is 0 Å². The number of hydrogen-bond acceptors (Lipinski definition) is 1. The topological polar surface area (TPSA) is 12.1 Å². The van der Waals surface area contributed by atoms with Gasteiger partial charge in [0.05, 0.1) is 12.4 Å². The minimum Gasteiger partial charge on any atom is -0.221 e. The molecule has 0 unspecified atom stereocenters. The lowest BCUT2D eigenvalue weighted by atomic mass is 9.53. The average Bonchev–Trinajstić information content (AvgIpc) is 3.03. The van der Waals surface area contributed by atoms with E-state index in [-0.39, 0.29) is 12.3 Å². The zero-order valence-electron chi connectivity index (χ0n) is 16.8. The average molecular weight is 356 g/mol. The largest absolute Gasteiger partial charge is 0.432 e. The van der Waals surface area contributed by atoms with Gasteiger partial charge in [-0.1, -0.05) is 80.2 Å². The molecule has 0 aliphatic carbocycles. The Kier molecular flexibility index (Phi) is 4.22. The van der Waals surface area contributed by atoms with Crippen molar-refractivity contribution in [3.8, 4) is 11.1 Å². The second-order valence-corrected chi connectivity index (χ2v) is 8.41. The van der Waals surface area contributed by atoms with Gasteiger partial charge in [-0.2, -0.15) is 4.68 Å². The minimum absolute atomic E-state index is 0.0719.